The van der Waals surface area contributed by atoms with Gasteiger partial charge >= 0.3 is 0 Å². The van der Waals surface area contributed by atoms with Crippen molar-refractivity contribution in [3.8, 4) is 0 Å². The summed E-state index contributed by atoms with van der Waals surface area (Å²) in [7, 11) is 0. The van der Waals surface area contributed by atoms with Crippen LogP contribution in [-0.2, 0) is 0 Å². The maximum absolute atomic E-state index is 10.6. The van der Waals surface area contributed by atoms with Crippen molar-refractivity contribution in [2.75, 3.05) is 0 Å². The quantitative estimate of drug-likeness (QED) is 0.485. The first-order valence-electron chi connectivity index (χ1n) is 2.73. The number of aromatic amines is 1. The number of hydrogen-bond donors (Lipinski definition) is 2. The molecule has 2 radical (unpaired) electrons. The normalized spacial score (nSPS) is 9.70. The molecule has 10 heavy (non-hydrogen) atoms. The predicted octanol–water partition coefficient (Wildman–Crippen LogP) is -1.39. The molecule has 5 heteroatoms. The Bertz CT molecular complexity index is 268. The highest BCUT2D eigenvalue weighted by Gasteiger charge is 2.06. The van der Waals surface area contributed by atoms with Gasteiger partial charge in [0.1, 0.15) is 11.5 Å². The lowest BCUT2D eigenvalue weighted by molar-refractivity contribution is 0.0997. The first-order valence-corrected chi connectivity index (χ1v) is 3.31. The zero-order valence-electron chi connectivity index (χ0n) is 5.51. The number of imidazole rings is 1. The van der Waals surface area contributed by atoms with Gasteiger partial charge in [0, 0.05) is 0 Å². The van der Waals surface area contributed by atoms with Crippen LogP contribution in [0.1, 0.15) is 16.3 Å². The number of carbonyl (C=O) groups excluding carboxylic acids is 1. The van der Waals surface area contributed by atoms with Gasteiger partial charge in [-0.25, -0.2) is 4.98 Å². The minimum atomic E-state index is -0.505. The van der Waals surface area contributed by atoms with E-state index in [0.29, 0.717) is 16.1 Å². The number of carbonyl (C=O) groups is 1. The van der Waals surface area contributed by atoms with Gasteiger partial charge in [-0.15, -0.1) is 0 Å². The van der Waals surface area contributed by atoms with Crippen LogP contribution in [0.2, 0.25) is 0 Å². The minimum Gasteiger partial charge on any atom is -0.364 e. The van der Waals surface area contributed by atoms with Crippen LogP contribution in [0.15, 0.2) is 0 Å². The second-order valence-electron chi connectivity index (χ2n) is 1.95. The third-order valence-corrected chi connectivity index (χ3v) is 1.50. The number of aromatic nitrogens is 2. The summed E-state index contributed by atoms with van der Waals surface area (Å²) in [6.45, 7) is 1.76. The van der Waals surface area contributed by atoms with Crippen LogP contribution in [0.3, 0.4) is 0 Å². The van der Waals surface area contributed by atoms with Gasteiger partial charge in [-0.1, -0.05) is 4.56 Å². The van der Waals surface area contributed by atoms with Crippen LogP contribution in [-0.4, -0.2) is 32.2 Å². The largest absolute Gasteiger partial charge is 0.364 e. The van der Waals surface area contributed by atoms with Crippen LogP contribution in [0.4, 0.5) is 0 Å². The lowest BCUT2D eigenvalue weighted by Gasteiger charge is -1.87. The van der Waals surface area contributed by atoms with Crippen molar-refractivity contribution in [1.82, 2.24) is 9.97 Å². The van der Waals surface area contributed by atoms with E-state index in [1.165, 1.54) is 0 Å². The standard InChI is InChI=1S/C5H6N3O.Al/c1-3-7-2-4(8-3)5(6)9;/h1H3,(H2,6,9)(H,7,8);. The van der Waals surface area contributed by atoms with Gasteiger partial charge in [0.25, 0.3) is 5.91 Å². The average Bonchev–Trinajstić information content (AvgIpc) is 2.10. The van der Waals surface area contributed by atoms with Crippen LogP contribution >= 0.6 is 0 Å². The maximum Gasteiger partial charge on any atom is 0.267 e. The summed E-state index contributed by atoms with van der Waals surface area (Å²) in [5.41, 5.74) is 5.29. The Morgan fingerprint density at radius 3 is 2.60 bits per heavy atom. The number of hydrogen-bond acceptors (Lipinski definition) is 2. The highest BCUT2D eigenvalue weighted by Crippen LogP contribution is 1.88. The number of H-pyrrole nitrogens is 1. The monoisotopic (exact) mass is 151 g/mol. The SMILES string of the molecule is Cc1nc(C(N)=O)[c]([Al])[nH]1. The van der Waals surface area contributed by atoms with E-state index in [0.717, 1.165) is 0 Å². The molecule has 0 fully saturated rings. The maximum atomic E-state index is 10.6. The van der Waals surface area contributed by atoms with Gasteiger partial charge in [-0.3, -0.25) is 4.79 Å². The molecule has 4 nitrogen and oxygen atoms in total. The average molecular weight is 151 g/mol. The molecule has 1 heterocycles. The molecule has 0 bridgehead atoms. The number of nitrogens with zero attached hydrogens (tertiary/aromatic N) is 1. The summed E-state index contributed by atoms with van der Waals surface area (Å²) in [5, 5.41) is 0. The molecule has 0 aliphatic carbocycles. The molecule has 1 aromatic rings. The van der Waals surface area contributed by atoms with Crippen molar-refractivity contribution in [1.29, 1.82) is 0 Å². The van der Waals surface area contributed by atoms with Crippen molar-refractivity contribution in [3.63, 3.8) is 0 Å². The van der Waals surface area contributed by atoms with Crippen LogP contribution in [0.25, 0.3) is 0 Å². The van der Waals surface area contributed by atoms with E-state index in [1.807, 2.05) is 0 Å². The Labute approximate surface area is 66.3 Å². The van der Waals surface area contributed by atoms with Gasteiger partial charge in [0.05, 0.1) is 0 Å². The molecule has 1 amide bonds. The molecule has 50 valence electrons. The fourth-order valence-electron chi connectivity index (χ4n) is 0.698. The van der Waals surface area contributed by atoms with E-state index in [-0.39, 0.29) is 0 Å². The number of nitrogens with one attached hydrogen (secondary N) is 1. The zero-order chi connectivity index (χ0) is 7.72. The molecule has 0 spiro atoms. The number of primary amides is 1. The van der Waals surface area contributed by atoms with Crippen molar-refractivity contribution >= 4 is 26.8 Å². The second-order valence-corrected chi connectivity index (χ2v) is 2.53. The van der Waals surface area contributed by atoms with Gasteiger partial charge in [-0.05, 0) is 6.92 Å². The summed E-state index contributed by atoms with van der Waals surface area (Å²) in [6.07, 6.45) is 0. The first kappa shape index (κ1) is 7.32. The van der Waals surface area contributed by atoms with E-state index < -0.39 is 5.91 Å². The van der Waals surface area contributed by atoms with Crippen LogP contribution in [0, 0.1) is 6.92 Å². The third-order valence-electron chi connectivity index (χ3n) is 1.08. The molecule has 0 saturated heterocycles. The van der Waals surface area contributed by atoms with Crippen LogP contribution in [0.5, 0.6) is 0 Å². The van der Waals surface area contributed by atoms with Crippen molar-refractivity contribution in [3.05, 3.63) is 11.5 Å². The Balaban J connectivity index is 3.15. The van der Waals surface area contributed by atoms with Gasteiger partial charge < -0.3 is 10.7 Å². The lowest BCUT2D eigenvalue weighted by Crippen LogP contribution is -2.21. The Hall–Kier alpha value is -0.788. The van der Waals surface area contributed by atoms with E-state index in [4.69, 9.17) is 5.73 Å². The van der Waals surface area contributed by atoms with Crippen molar-refractivity contribution < 1.29 is 4.79 Å². The fraction of sp³-hybridized carbons (Fsp3) is 0.200. The molecule has 0 aliphatic rings. The van der Waals surface area contributed by atoms with Crippen molar-refractivity contribution in [2.45, 2.75) is 6.92 Å². The number of rotatable bonds is 1. The Morgan fingerprint density at radius 2 is 2.40 bits per heavy atom. The van der Waals surface area contributed by atoms with E-state index in [1.54, 1.807) is 6.92 Å². The van der Waals surface area contributed by atoms with E-state index in [9.17, 15) is 4.79 Å². The molecule has 0 unspecified atom stereocenters. The predicted molar refractivity (Wildman–Crippen MR) is 37.2 cm³/mol. The summed E-state index contributed by atoms with van der Waals surface area (Å²) in [5.74, 6) is 0.188. The zero-order valence-corrected chi connectivity index (χ0v) is 6.66. The van der Waals surface area contributed by atoms with Gasteiger partial charge in [0.2, 0.25) is 16.3 Å². The summed E-state index contributed by atoms with van der Waals surface area (Å²) >= 11 is 2.36. The molecule has 1 aromatic heterocycles. The summed E-state index contributed by atoms with van der Waals surface area (Å²) < 4.78 is 0.644. The van der Waals surface area contributed by atoms with E-state index in [2.05, 4.69) is 26.3 Å². The first-order chi connectivity index (χ1) is 4.61. The number of nitrogens with two attached hydrogens (primary N) is 1. The number of amides is 1. The molecular formula is C5H6AlN3O. The Morgan fingerprint density at radius 1 is 1.80 bits per heavy atom. The van der Waals surface area contributed by atoms with Gasteiger partial charge in [-0.2, -0.15) is 0 Å². The molecule has 0 aromatic carbocycles. The molecule has 1 rings (SSSR count). The molecule has 0 aliphatic heterocycles. The highest BCUT2D eigenvalue weighted by atomic mass is 27.0. The smallest absolute Gasteiger partial charge is 0.267 e. The molecule has 3 N–H and O–H groups in total. The highest BCUT2D eigenvalue weighted by molar-refractivity contribution is 6.34. The molecule has 0 atom stereocenters. The minimum absolute atomic E-state index is 0.294. The number of aryl methyl sites for hydroxylation is 1. The second kappa shape index (κ2) is 2.45. The van der Waals surface area contributed by atoms with E-state index >= 15 is 0 Å². The summed E-state index contributed by atoms with van der Waals surface area (Å²) in [4.78, 5) is 17.3. The van der Waals surface area contributed by atoms with Crippen molar-refractivity contribution in [2.24, 2.45) is 5.73 Å². The molecular weight excluding hydrogens is 145 g/mol. The Kier molecular flexibility index (Phi) is 1.79. The lowest BCUT2D eigenvalue weighted by atomic mass is 10.5. The van der Waals surface area contributed by atoms with Gasteiger partial charge in [0.15, 0.2) is 0 Å². The topological polar surface area (TPSA) is 71.8 Å². The van der Waals surface area contributed by atoms with Crippen LogP contribution < -0.4 is 10.3 Å². The molecule has 0 saturated carbocycles. The fourth-order valence-corrected chi connectivity index (χ4v) is 1.11. The third kappa shape index (κ3) is 1.20. The summed E-state index contributed by atoms with van der Waals surface area (Å²) in [6, 6.07) is 0.